The Balaban J connectivity index is 1.67. The minimum Gasteiger partial charge on any atom is -0.370 e. The van der Waals surface area contributed by atoms with Crippen molar-refractivity contribution in [3.05, 3.63) is 83.1 Å². The molecule has 138 valence electrons. The maximum Gasteiger partial charge on any atom is 0.274 e. The minimum atomic E-state index is -0.299. The van der Waals surface area contributed by atoms with Crippen LogP contribution in [0.3, 0.4) is 0 Å². The fourth-order valence-corrected chi connectivity index (χ4v) is 2.70. The lowest BCUT2D eigenvalue weighted by Crippen LogP contribution is -2.17. The third-order valence-electron chi connectivity index (χ3n) is 4.12. The maximum absolute atomic E-state index is 13.7. The van der Waals surface area contributed by atoms with Gasteiger partial charge in [-0.3, -0.25) is 4.79 Å². The van der Waals surface area contributed by atoms with E-state index in [0.717, 1.165) is 11.3 Å². The number of halogens is 1. The Morgan fingerprint density at radius 1 is 1.04 bits per heavy atom. The molecule has 3 aromatic rings. The zero-order valence-electron chi connectivity index (χ0n) is 15.3. The molecule has 6 heteroatoms. The second kappa shape index (κ2) is 8.40. The van der Waals surface area contributed by atoms with Crippen molar-refractivity contribution in [2.45, 2.75) is 20.3 Å². The Bertz CT molecular complexity index is 958. The van der Waals surface area contributed by atoms with E-state index in [9.17, 15) is 9.18 Å². The number of benzene rings is 2. The van der Waals surface area contributed by atoms with Crippen LogP contribution < -0.4 is 10.6 Å². The highest BCUT2D eigenvalue weighted by atomic mass is 19.1. The monoisotopic (exact) mass is 364 g/mol. The lowest BCUT2D eigenvalue weighted by molar-refractivity contribution is 0.102. The molecule has 0 saturated carbocycles. The number of nitrogens with one attached hydrogen (secondary N) is 2. The third-order valence-corrected chi connectivity index (χ3v) is 4.12. The van der Waals surface area contributed by atoms with Gasteiger partial charge in [-0.25, -0.2) is 14.4 Å². The van der Waals surface area contributed by atoms with Gasteiger partial charge in [0.2, 0.25) is 0 Å². The molecule has 0 aliphatic heterocycles. The van der Waals surface area contributed by atoms with Crippen molar-refractivity contribution in [3.8, 4) is 0 Å². The van der Waals surface area contributed by atoms with Gasteiger partial charge in [0.25, 0.3) is 5.91 Å². The number of hydrogen-bond donors (Lipinski definition) is 2. The highest BCUT2D eigenvalue weighted by Gasteiger charge is 2.12. The van der Waals surface area contributed by atoms with E-state index in [4.69, 9.17) is 0 Å². The number of anilines is 2. The molecule has 0 aliphatic carbocycles. The van der Waals surface area contributed by atoms with Gasteiger partial charge in [0.1, 0.15) is 23.2 Å². The molecule has 1 aromatic heterocycles. The Morgan fingerprint density at radius 2 is 1.78 bits per heavy atom. The molecule has 0 saturated heterocycles. The molecular formula is C21H21FN4O. The molecule has 2 N–H and O–H groups in total. The number of rotatable bonds is 6. The molecule has 0 unspecified atom stereocenters. The van der Waals surface area contributed by atoms with Crippen molar-refractivity contribution < 1.29 is 9.18 Å². The number of nitrogens with zero attached hydrogens (tertiary/aromatic N) is 2. The number of hydrogen-bond acceptors (Lipinski definition) is 4. The average Bonchev–Trinajstić information content (AvgIpc) is 2.65. The van der Waals surface area contributed by atoms with Crippen molar-refractivity contribution in [2.75, 3.05) is 17.2 Å². The summed E-state index contributed by atoms with van der Waals surface area (Å²) in [7, 11) is 0. The Hall–Kier alpha value is -3.28. The van der Waals surface area contributed by atoms with Crippen LogP contribution in [-0.2, 0) is 6.42 Å². The zero-order valence-corrected chi connectivity index (χ0v) is 15.3. The number of carbonyl (C=O) groups is 1. The van der Waals surface area contributed by atoms with E-state index in [-0.39, 0.29) is 17.4 Å². The lowest BCUT2D eigenvalue weighted by Gasteiger charge is -2.10. The van der Waals surface area contributed by atoms with Crippen LogP contribution in [0.4, 0.5) is 15.9 Å². The predicted molar refractivity (Wildman–Crippen MR) is 104 cm³/mol. The summed E-state index contributed by atoms with van der Waals surface area (Å²) in [6.45, 7) is 4.15. The van der Waals surface area contributed by atoms with E-state index in [1.807, 2.05) is 31.2 Å². The summed E-state index contributed by atoms with van der Waals surface area (Å²) < 4.78 is 13.7. The van der Waals surface area contributed by atoms with Gasteiger partial charge in [-0.2, -0.15) is 0 Å². The molecule has 0 radical (unpaired) electrons. The topological polar surface area (TPSA) is 66.9 Å². The van der Waals surface area contributed by atoms with Crippen LogP contribution in [0, 0.1) is 19.7 Å². The summed E-state index contributed by atoms with van der Waals surface area (Å²) in [6, 6.07) is 15.8. The van der Waals surface area contributed by atoms with Crippen molar-refractivity contribution >= 4 is 17.4 Å². The van der Waals surface area contributed by atoms with Crippen LogP contribution in [-0.4, -0.2) is 22.4 Å². The number of carbonyl (C=O) groups excluding carboxylic acids is 1. The first-order valence-corrected chi connectivity index (χ1v) is 8.73. The second-order valence-electron chi connectivity index (χ2n) is 6.22. The largest absolute Gasteiger partial charge is 0.370 e. The number of aromatic nitrogens is 2. The van der Waals surface area contributed by atoms with Gasteiger partial charge in [0.15, 0.2) is 0 Å². The molecule has 0 aliphatic rings. The van der Waals surface area contributed by atoms with E-state index in [1.54, 1.807) is 31.2 Å². The van der Waals surface area contributed by atoms with E-state index in [1.165, 1.54) is 6.07 Å². The van der Waals surface area contributed by atoms with E-state index >= 15 is 0 Å². The molecule has 1 amide bonds. The van der Waals surface area contributed by atoms with Crippen molar-refractivity contribution in [2.24, 2.45) is 0 Å². The third kappa shape index (κ3) is 4.88. The van der Waals surface area contributed by atoms with Crippen LogP contribution in [0.2, 0.25) is 0 Å². The molecule has 27 heavy (non-hydrogen) atoms. The Kier molecular flexibility index (Phi) is 5.76. The lowest BCUT2D eigenvalue weighted by atomic mass is 10.1. The van der Waals surface area contributed by atoms with Gasteiger partial charge in [-0.15, -0.1) is 0 Å². The summed E-state index contributed by atoms with van der Waals surface area (Å²) in [6.07, 6.45) is 0.514. The first-order valence-electron chi connectivity index (χ1n) is 8.73. The zero-order chi connectivity index (χ0) is 19.2. The van der Waals surface area contributed by atoms with Gasteiger partial charge in [-0.05, 0) is 43.5 Å². The normalized spacial score (nSPS) is 10.5. The fraction of sp³-hybridized carbons (Fsp3) is 0.190. The average molecular weight is 364 g/mol. The summed E-state index contributed by atoms with van der Waals surface area (Å²) in [5, 5.41) is 6.00. The van der Waals surface area contributed by atoms with Crippen LogP contribution >= 0.6 is 0 Å². The molecule has 0 spiro atoms. The predicted octanol–water partition coefficient (Wildman–Crippen LogP) is 4.14. The van der Waals surface area contributed by atoms with Crippen molar-refractivity contribution in [1.82, 2.24) is 9.97 Å². The summed E-state index contributed by atoms with van der Waals surface area (Å²) in [5.41, 5.74) is 2.63. The Labute approximate surface area is 157 Å². The summed E-state index contributed by atoms with van der Waals surface area (Å²) in [5.74, 6) is 0.498. The van der Waals surface area contributed by atoms with Gasteiger partial charge in [0.05, 0.1) is 0 Å². The molecule has 0 fully saturated rings. The van der Waals surface area contributed by atoms with E-state index in [0.29, 0.717) is 30.2 Å². The van der Waals surface area contributed by atoms with Crippen LogP contribution in [0.15, 0.2) is 54.6 Å². The van der Waals surface area contributed by atoms with Gasteiger partial charge >= 0.3 is 0 Å². The van der Waals surface area contributed by atoms with Crippen molar-refractivity contribution in [3.63, 3.8) is 0 Å². The molecular weight excluding hydrogens is 343 g/mol. The molecule has 5 nitrogen and oxygen atoms in total. The van der Waals surface area contributed by atoms with Gasteiger partial charge in [0, 0.05) is 18.3 Å². The highest BCUT2D eigenvalue weighted by Crippen LogP contribution is 2.15. The van der Waals surface area contributed by atoms with E-state index < -0.39 is 0 Å². The number of aryl methyl sites for hydroxylation is 2. The smallest absolute Gasteiger partial charge is 0.274 e. The highest BCUT2D eigenvalue weighted by molar-refractivity contribution is 6.03. The maximum atomic E-state index is 13.7. The van der Waals surface area contributed by atoms with Crippen LogP contribution in [0.25, 0.3) is 0 Å². The minimum absolute atomic E-state index is 0.225. The number of para-hydroxylation sites is 1. The van der Waals surface area contributed by atoms with E-state index in [2.05, 4.69) is 20.6 Å². The van der Waals surface area contributed by atoms with Crippen LogP contribution in [0.1, 0.15) is 27.4 Å². The van der Waals surface area contributed by atoms with Crippen LogP contribution in [0.5, 0.6) is 0 Å². The molecule has 3 rings (SSSR count). The SMILES string of the molecule is Cc1nc(NCCc2ccccc2F)cc(C(=O)Nc2ccccc2C)n1. The van der Waals surface area contributed by atoms with Gasteiger partial charge < -0.3 is 10.6 Å². The van der Waals surface area contributed by atoms with Gasteiger partial charge in [-0.1, -0.05) is 36.4 Å². The molecule has 1 heterocycles. The second-order valence-corrected chi connectivity index (χ2v) is 6.22. The molecule has 0 bridgehead atoms. The molecule has 2 aromatic carbocycles. The first kappa shape index (κ1) is 18.5. The fourth-order valence-electron chi connectivity index (χ4n) is 2.70. The van der Waals surface area contributed by atoms with Crippen molar-refractivity contribution in [1.29, 1.82) is 0 Å². The Morgan fingerprint density at radius 3 is 2.56 bits per heavy atom. The standard InChI is InChI=1S/C21H21FN4O/c1-14-7-3-6-10-18(14)26-21(27)19-13-20(25-15(2)24-19)23-12-11-16-8-4-5-9-17(16)22/h3-10,13H,11-12H2,1-2H3,(H,26,27)(H,23,24,25). The first-order chi connectivity index (χ1) is 13.0. The molecule has 0 atom stereocenters. The summed E-state index contributed by atoms with van der Waals surface area (Å²) >= 11 is 0. The number of amides is 1. The summed E-state index contributed by atoms with van der Waals surface area (Å²) in [4.78, 5) is 21.0. The quantitative estimate of drug-likeness (QED) is 0.690.